The summed E-state index contributed by atoms with van der Waals surface area (Å²) in [4.78, 5) is 0. The van der Waals surface area contributed by atoms with Crippen LogP contribution in [0.3, 0.4) is 0 Å². The Morgan fingerprint density at radius 2 is 1.85 bits per heavy atom. The van der Waals surface area contributed by atoms with E-state index in [-0.39, 0.29) is 0 Å². The molecule has 5 heteroatoms. The van der Waals surface area contributed by atoms with Crippen LogP contribution in [0.2, 0.25) is 0 Å². The number of phenols is 1. The van der Waals surface area contributed by atoms with Crippen molar-refractivity contribution in [3.8, 4) is 5.75 Å². The number of aliphatic hydroxyl groups excluding tert-OH is 1. The second kappa shape index (κ2) is 3.66. The summed E-state index contributed by atoms with van der Waals surface area (Å²) in [6.45, 7) is 0. The molecule has 0 aliphatic rings. The number of hydrogen-bond acceptors (Lipinski definition) is 2. The Morgan fingerprint density at radius 3 is 2.38 bits per heavy atom. The van der Waals surface area contributed by atoms with Crippen LogP contribution in [0.1, 0.15) is 11.7 Å². The van der Waals surface area contributed by atoms with Crippen molar-refractivity contribution < 1.29 is 23.4 Å². The van der Waals surface area contributed by atoms with E-state index in [0.717, 1.165) is 18.2 Å². The van der Waals surface area contributed by atoms with Crippen LogP contribution < -0.4 is 0 Å². The molecule has 0 saturated heterocycles. The van der Waals surface area contributed by atoms with Crippen molar-refractivity contribution in [2.75, 3.05) is 0 Å². The van der Waals surface area contributed by atoms with Gasteiger partial charge in [0.15, 0.2) is 11.6 Å². The van der Waals surface area contributed by atoms with E-state index in [1.54, 1.807) is 0 Å². The standard InChI is InChI=1S/C8H7F3O2/c9-5-3-1-2-4(6(5)12)7(13)8(10)11/h1-3,7-8,12-13H. The first kappa shape index (κ1) is 9.85. The summed E-state index contributed by atoms with van der Waals surface area (Å²) >= 11 is 0. The minimum Gasteiger partial charge on any atom is -0.505 e. The number of halogens is 3. The van der Waals surface area contributed by atoms with E-state index in [0.29, 0.717) is 0 Å². The van der Waals surface area contributed by atoms with Crippen LogP contribution in [0.25, 0.3) is 0 Å². The number of aromatic hydroxyl groups is 1. The Morgan fingerprint density at radius 1 is 1.23 bits per heavy atom. The van der Waals surface area contributed by atoms with Crippen LogP contribution in [0, 0.1) is 5.82 Å². The van der Waals surface area contributed by atoms with Crippen LogP contribution >= 0.6 is 0 Å². The normalized spacial score (nSPS) is 13.3. The number of rotatable bonds is 2. The Balaban J connectivity index is 3.07. The lowest BCUT2D eigenvalue weighted by atomic mass is 10.1. The molecule has 0 aromatic heterocycles. The first-order valence-electron chi connectivity index (χ1n) is 3.47. The maximum Gasteiger partial charge on any atom is 0.268 e. The molecule has 0 fully saturated rings. The van der Waals surface area contributed by atoms with Gasteiger partial charge in [-0.05, 0) is 6.07 Å². The molecule has 1 aromatic carbocycles. The molecule has 2 nitrogen and oxygen atoms in total. The van der Waals surface area contributed by atoms with E-state index in [2.05, 4.69) is 0 Å². The van der Waals surface area contributed by atoms with Crippen LogP contribution in [-0.4, -0.2) is 16.6 Å². The van der Waals surface area contributed by atoms with Crippen LogP contribution in [0.5, 0.6) is 5.75 Å². The molecular weight excluding hydrogens is 185 g/mol. The predicted molar refractivity (Wildman–Crippen MR) is 39.0 cm³/mol. The lowest BCUT2D eigenvalue weighted by molar-refractivity contribution is -0.00722. The van der Waals surface area contributed by atoms with E-state index in [9.17, 15) is 13.2 Å². The Kier molecular flexibility index (Phi) is 2.77. The minimum absolute atomic E-state index is 0.505. The van der Waals surface area contributed by atoms with Gasteiger partial charge in [-0.1, -0.05) is 12.1 Å². The average Bonchev–Trinajstić information content (AvgIpc) is 2.08. The predicted octanol–water partition coefficient (Wildman–Crippen LogP) is 1.83. The Labute approximate surface area is 72.2 Å². The highest BCUT2D eigenvalue weighted by molar-refractivity contribution is 5.35. The molecule has 1 aromatic rings. The quantitative estimate of drug-likeness (QED) is 0.750. The van der Waals surface area contributed by atoms with Gasteiger partial charge in [-0.25, -0.2) is 13.2 Å². The highest BCUT2D eigenvalue weighted by Crippen LogP contribution is 2.29. The largest absolute Gasteiger partial charge is 0.505 e. The van der Waals surface area contributed by atoms with Crippen LogP contribution in [0.15, 0.2) is 18.2 Å². The number of phenolic OH excluding ortho intramolecular Hbond substituents is 1. The van der Waals surface area contributed by atoms with Crippen molar-refractivity contribution in [3.63, 3.8) is 0 Å². The number of hydrogen-bond donors (Lipinski definition) is 2. The topological polar surface area (TPSA) is 40.5 Å². The lowest BCUT2D eigenvalue weighted by Crippen LogP contribution is -2.08. The molecule has 2 N–H and O–H groups in total. The molecule has 1 atom stereocenters. The number of benzene rings is 1. The summed E-state index contributed by atoms with van der Waals surface area (Å²) < 4.78 is 36.5. The first-order chi connectivity index (χ1) is 6.04. The van der Waals surface area contributed by atoms with Gasteiger partial charge in [0, 0.05) is 5.56 Å². The van der Waals surface area contributed by atoms with E-state index in [1.165, 1.54) is 0 Å². The molecule has 0 aliphatic heterocycles. The second-order valence-corrected chi connectivity index (χ2v) is 2.46. The van der Waals surface area contributed by atoms with Gasteiger partial charge < -0.3 is 10.2 Å². The van der Waals surface area contributed by atoms with Gasteiger partial charge in [0.25, 0.3) is 6.43 Å². The fraction of sp³-hybridized carbons (Fsp3) is 0.250. The highest BCUT2D eigenvalue weighted by Gasteiger charge is 2.23. The smallest absolute Gasteiger partial charge is 0.268 e. The van der Waals surface area contributed by atoms with Gasteiger partial charge in [0.1, 0.15) is 6.10 Å². The van der Waals surface area contributed by atoms with Crippen molar-refractivity contribution in [2.24, 2.45) is 0 Å². The van der Waals surface area contributed by atoms with Crippen molar-refractivity contribution in [1.29, 1.82) is 0 Å². The van der Waals surface area contributed by atoms with Crippen LogP contribution in [-0.2, 0) is 0 Å². The summed E-state index contributed by atoms with van der Waals surface area (Å²) in [5.74, 6) is -1.97. The third-order valence-electron chi connectivity index (χ3n) is 1.58. The zero-order valence-electron chi connectivity index (χ0n) is 6.42. The Hall–Kier alpha value is -1.23. The van der Waals surface area contributed by atoms with Crippen molar-refractivity contribution in [1.82, 2.24) is 0 Å². The van der Waals surface area contributed by atoms with Gasteiger partial charge in [-0.3, -0.25) is 0 Å². The maximum atomic E-state index is 12.6. The fourth-order valence-corrected chi connectivity index (χ4v) is 0.906. The van der Waals surface area contributed by atoms with Crippen molar-refractivity contribution >= 4 is 0 Å². The first-order valence-corrected chi connectivity index (χ1v) is 3.47. The lowest BCUT2D eigenvalue weighted by Gasteiger charge is -2.11. The average molecular weight is 192 g/mol. The van der Waals surface area contributed by atoms with E-state index in [1.807, 2.05) is 0 Å². The molecule has 0 bridgehead atoms. The number of aliphatic hydroxyl groups is 1. The SMILES string of the molecule is Oc1c(F)cccc1C(O)C(F)F. The van der Waals surface area contributed by atoms with E-state index < -0.39 is 29.7 Å². The number of alkyl halides is 2. The van der Waals surface area contributed by atoms with E-state index in [4.69, 9.17) is 10.2 Å². The number of para-hydroxylation sites is 1. The fourth-order valence-electron chi connectivity index (χ4n) is 0.906. The molecule has 0 amide bonds. The third-order valence-corrected chi connectivity index (χ3v) is 1.58. The van der Waals surface area contributed by atoms with Crippen molar-refractivity contribution in [2.45, 2.75) is 12.5 Å². The molecule has 0 heterocycles. The summed E-state index contributed by atoms with van der Waals surface area (Å²) in [7, 11) is 0. The van der Waals surface area contributed by atoms with Gasteiger partial charge in [-0.15, -0.1) is 0 Å². The molecule has 0 aliphatic carbocycles. The summed E-state index contributed by atoms with van der Waals surface area (Å²) in [6, 6.07) is 3.09. The third kappa shape index (κ3) is 1.92. The second-order valence-electron chi connectivity index (χ2n) is 2.46. The summed E-state index contributed by atoms with van der Waals surface area (Å²) in [5.41, 5.74) is -0.505. The molecule has 72 valence electrons. The zero-order valence-corrected chi connectivity index (χ0v) is 6.42. The van der Waals surface area contributed by atoms with E-state index >= 15 is 0 Å². The molecule has 13 heavy (non-hydrogen) atoms. The van der Waals surface area contributed by atoms with Crippen molar-refractivity contribution in [3.05, 3.63) is 29.6 Å². The summed E-state index contributed by atoms with van der Waals surface area (Å²) in [5, 5.41) is 17.8. The molecule has 1 unspecified atom stereocenters. The van der Waals surface area contributed by atoms with Gasteiger partial charge in [0.05, 0.1) is 0 Å². The van der Waals surface area contributed by atoms with Gasteiger partial charge >= 0.3 is 0 Å². The monoisotopic (exact) mass is 192 g/mol. The van der Waals surface area contributed by atoms with Gasteiger partial charge in [0.2, 0.25) is 0 Å². The van der Waals surface area contributed by atoms with Crippen LogP contribution in [0.4, 0.5) is 13.2 Å². The molecule has 0 radical (unpaired) electrons. The molecule has 1 rings (SSSR count). The minimum atomic E-state index is -3.05. The molecular formula is C8H7F3O2. The Bertz CT molecular complexity index is 301. The maximum absolute atomic E-state index is 12.6. The highest BCUT2D eigenvalue weighted by atomic mass is 19.3. The molecule has 0 spiro atoms. The zero-order chi connectivity index (χ0) is 10.0. The van der Waals surface area contributed by atoms with Gasteiger partial charge in [-0.2, -0.15) is 0 Å². The molecule has 0 saturated carbocycles. The summed E-state index contributed by atoms with van der Waals surface area (Å²) in [6.07, 6.45) is -5.21.